The van der Waals surface area contributed by atoms with Gasteiger partial charge in [0.1, 0.15) is 5.75 Å². The van der Waals surface area contributed by atoms with Gasteiger partial charge in [-0.2, -0.15) is 0 Å². The molecule has 0 bridgehead atoms. The molecule has 0 aromatic heterocycles. The topological polar surface area (TPSA) is 56.8 Å². The maximum absolute atomic E-state index is 11.7. The highest BCUT2D eigenvalue weighted by Crippen LogP contribution is 2.47. The minimum absolute atomic E-state index is 0.325. The third-order valence-electron chi connectivity index (χ3n) is 9.50. The first kappa shape index (κ1) is 24.7. The van der Waals surface area contributed by atoms with Crippen molar-refractivity contribution in [3.8, 4) is 5.75 Å². The molecule has 4 aliphatic rings. The van der Waals surface area contributed by atoms with Gasteiger partial charge in [-0.25, -0.2) is 4.79 Å². The molecule has 3 aliphatic heterocycles. The van der Waals surface area contributed by atoms with Gasteiger partial charge in [0.25, 0.3) is 0 Å². The summed E-state index contributed by atoms with van der Waals surface area (Å²) in [5.41, 5.74) is 5.60. The van der Waals surface area contributed by atoms with E-state index < -0.39 is 0 Å². The molecule has 1 saturated carbocycles. The molecule has 3 heterocycles. The zero-order valence-electron chi connectivity index (χ0n) is 22.5. The fourth-order valence-electron chi connectivity index (χ4n) is 7.16. The molecule has 6 heteroatoms. The van der Waals surface area contributed by atoms with Crippen LogP contribution in [0.25, 0.3) is 0 Å². The quantitative estimate of drug-likeness (QED) is 0.586. The van der Waals surface area contributed by atoms with Gasteiger partial charge >= 0.3 is 6.09 Å². The number of anilines is 1. The Morgan fingerprint density at radius 3 is 2.62 bits per heavy atom. The van der Waals surface area contributed by atoms with Crippen LogP contribution < -0.4 is 20.3 Å². The first-order valence-electron chi connectivity index (χ1n) is 14.4. The summed E-state index contributed by atoms with van der Waals surface area (Å²) in [7, 11) is 0. The van der Waals surface area contributed by atoms with Gasteiger partial charge in [-0.1, -0.05) is 36.6 Å². The van der Waals surface area contributed by atoms with Gasteiger partial charge in [0.2, 0.25) is 0 Å². The minimum atomic E-state index is -0.354. The molecule has 2 N–H and O–H groups in total. The Morgan fingerprint density at radius 2 is 1.86 bits per heavy atom. The van der Waals surface area contributed by atoms with Crippen LogP contribution in [0.5, 0.6) is 5.75 Å². The Hall–Kier alpha value is -2.57. The maximum Gasteiger partial charge on any atom is 0.412 e. The average Bonchev–Trinajstić information content (AvgIpc) is 2.85. The summed E-state index contributed by atoms with van der Waals surface area (Å²) in [6.45, 7) is 10.6. The fourth-order valence-corrected chi connectivity index (χ4v) is 7.16. The average molecular weight is 503 g/mol. The summed E-state index contributed by atoms with van der Waals surface area (Å²) in [6, 6.07) is 16.3. The van der Waals surface area contributed by atoms with E-state index in [4.69, 9.17) is 4.74 Å². The van der Waals surface area contributed by atoms with Crippen molar-refractivity contribution in [3.63, 3.8) is 0 Å². The number of aryl methyl sites for hydroxylation is 1. The number of benzene rings is 2. The lowest BCUT2D eigenvalue weighted by Crippen LogP contribution is -2.54. The molecule has 2 aromatic rings. The molecular weight excluding hydrogens is 460 g/mol. The molecule has 1 aliphatic carbocycles. The number of rotatable bonds is 4. The van der Waals surface area contributed by atoms with Crippen molar-refractivity contribution in [2.24, 2.45) is 11.3 Å². The molecule has 0 radical (unpaired) electrons. The molecule has 198 valence electrons. The zero-order valence-corrected chi connectivity index (χ0v) is 22.5. The molecule has 2 unspecified atom stereocenters. The van der Waals surface area contributed by atoms with E-state index in [0.717, 1.165) is 38.3 Å². The summed E-state index contributed by atoms with van der Waals surface area (Å²) < 4.78 is 5.41. The summed E-state index contributed by atoms with van der Waals surface area (Å²) in [6.07, 6.45) is 7.73. The molecule has 37 heavy (non-hydrogen) atoms. The van der Waals surface area contributed by atoms with Crippen LogP contribution >= 0.6 is 0 Å². The van der Waals surface area contributed by atoms with Crippen LogP contribution in [0.15, 0.2) is 42.5 Å². The van der Waals surface area contributed by atoms with Gasteiger partial charge < -0.3 is 20.3 Å². The lowest BCUT2D eigenvalue weighted by Gasteiger charge is -2.47. The second-order valence-corrected chi connectivity index (χ2v) is 12.1. The molecule has 3 fully saturated rings. The number of hydrogen-bond donors (Lipinski definition) is 2. The van der Waals surface area contributed by atoms with Crippen LogP contribution in [0.2, 0.25) is 0 Å². The Labute approximate surface area is 221 Å². The number of ether oxygens (including phenoxy) is 1. The number of nitrogens with one attached hydrogen (secondary N) is 2. The predicted molar refractivity (Wildman–Crippen MR) is 148 cm³/mol. The van der Waals surface area contributed by atoms with Crippen LogP contribution in [-0.4, -0.2) is 49.8 Å². The molecule has 2 aromatic carbocycles. The molecule has 2 saturated heterocycles. The van der Waals surface area contributed by atoms with Gasteiger partial charge in [-0.15, -0.1) is 0 Å². The second-order valence-electron chi connectivity index (χ2n) is 12.1. The smallest absolute Gasteiger partial charge is 0.410 e. The van der Waals surface area contributed by atoms with Crippen LogP contribution in [0.1, 0.15) is 68.2 Å². The molecule has 6 rings (SSSR count). The minimum Gasteiger partial charge on any atom is -0.410 e. The van der Waals surface area contributed by atoms with Crippen molar-refractivity contribution in [1.82, 2.24) is 15.5 Å². The highest BCUT2D eigenvalue weighted by atomic mass is 16.6. The molecule has 1 spiro atoms. The summed E-state index contributed by atoms with van der Waals surface area (Å²) in [5.74, 6) is 1.26. The summed E-state index contributed by atoms with van der Waals surface area (Å²) in [4.78, 5) is 17.0. The first-order chi connectivity index (χ1) is 18.0. The summed E-state index contributed by atoms with van der Waals surface area (Å²) >= 11 is 0. The standard InChI is InChI=1S/C31H42N4O2/c1-22-6-9-27(10-7-22)35-16-15-34(19-23(35)2)20-25-5-3-12-31(13-4-14-31)21-33-29(25)24-8-11-28-26(17-24)18-32-30(36)37-28/h6-11,17,23,25,29,33H,3-5,12-16,18-21H2,1-2H3,(H,32,36)/t23-,25?,29?/m1/s1. The van der Waals surface area contributed by atoms with E-state index in [9.17, 15) is 4.79 Å². The third-order valence-corrected chi connectivity index (χ3v) is 9.50. The zero-order chi connectivity index (χ0) is 25.4. The number of amides is 1. The van der Waals surface area contributed by atoms with Crippen molar-refractivity contribution < 1.29 is 9.53 Å². The van der Waals surface area contributed by atoms with E-state index in [1.54, 1.807) is 0 Å². The molecule has 3 atom stereocenters. The van der Waals surface area contributed by atoms with Gasteiger partial charge in [-0.05, 0) is 80.7 Å². The lowest BCUT2D eigenvalue weighted by molar-refractivity contribution is 0.0752. The van der Waals surface area contributed by atoms with Gasteiger partial charge in [0.05, 0.1) is 0 Å². The molecule has 6 nitrogen and oxygen atoms in total. The number of carbonyl (C=O) groups is 1. The Bertz CT molecular complexity index is 1110. The maximum atomic E-state index is 11.7. The van der Waals surface area contributed by atoms with Crippen molar-refractivity contribution >= 4 is 11.8 Å². The van der Waals surface area contributed by atoms with Crippen LogP contribution in [-0.2, 0) is 6.54 Å². The number of carbonyl (C=O) groups excluding carboxylic acids is 1. The van der Waals surface area contributed by atoms with Crippen LogP contribution in [0, 0.1) is 18.3 Å². The number of piperazine rings is 1. The van der Waals surface area contributed by atoms with Crippen LogP contribution in [0.3, 0.4) is 0 Å². The normalized spacial score (nSPS) is 27.9. The lowest BCUT2D eigenvalue weighted by atomic mass is 9.64. The Kier molecular flexibility index (Phi) is 6.89. The number of fused-ring (bicyclic) bond motifs is 1. The van der Waals surface area contributed by atoms with E-state index >= 15 is 0 Å². The van der Waals surface area contributed by atoms with Crippen molar-refractivity contribution in [1.29, 1.82) is 0 Å². The predicted octanol–water partition coefficient (Wildman–Crippen LogP) is 5.41. The van der Waals surface area contributed by atoms with Crippen molar-refractivity contribution in [2.75, 3.05) is 37.6 Å². The van der Waals surface area contributed by atoms with E-state index in [1.165, 1.54) is 55.3 Å². The SMILES string of the molecule is Cc1ccc(N2CCN(CC3CCCC4(CCC4)CNC3c3ccc4c(c3)CNC(=O)O4)C[C@H]2C)cc1. The van der Waals surface area contributed by atoms with Gasteiger partial charge in [-0.3, -0.25) is 4.90 Å². The summed E-state index contributed by atoms with van der Waals surface area (Å²) in [5, 5.41) is 6.90. The Balaban J connectivity index is 1.19. The highest BCUT2D eigenvalue weighted by Gasteiger charge is 2.40. The van der Waals surface area contributed by atoms with E-state index in [2.05, 4.69) is 70.7 Å². The van der Waals surface area contributed by atoms with Gasteiger partial charge in [0.15, 0.2) is 0 Å². The van der Waals surface area contributed by atoms with Crippen molar-refractivity contribution in [2.45, 2.75) is 71.0 Å². The third kappa shape index (κ3) is 5.23. The fraction of sp³-hybridized carbons (Fsp3) is 0.581. The number of nitrogens with zero attached hydrogens (tertiary/aromatic N) is 2. The Morgan fingerprint density at radius 1 is 1.05 bits per heavy atom. The first-order valence-corrected chi connectivity index (χ1v) is 14.4. The molecular formula is C31H42N4O2. The van der Waals surface area contributed by atoms with Gasteiger partial charge in [0, 0.05) is 62.6 Å². The van der Waals surface area contributed by atoms with E-state index in [0.29, 0.717) is 35.7 Å². The highest BCUT2D eigenvalue weighted by molar-refractivity contribution is 5.73. The largest absolute Gasteiger partial charge is 0.412 e. The number of hydrogen-bond acceptors (Lipinski definition) is 5. The van der Waals surface area contributed by atoms with Crippen molar-refractivity contribution in [3.05, 3.63) is 59.2 Å². The monoisotopic (exact) mass is 502 g/mol. The molecule has 1 amide bonds. The van der Waals surface area contributed by atoms with E-state index in [1.807, 2.05) is 6.07 Å². The van der Waals surface area contributed by atoms with E-state index in [-0.39, 0.29) is 6.09 Å². The second kappa shape index (κ2) is 10.3. The van der Waals surface area contributed by atoms with Crippen LogP contribution in [0.4, 0.5) is 10.5 Å².